The molecule has 1 aromatic heterocycles. The molecule has 1 aliphatic heterocycles. The minimum Gasteiger partial charge on any atom is -0.361 e. The highest BCUT2D eigenvalue weighted by atomic mass is 35.5. The number of aryl methyl sites for hydroxylation is 1. The second kappa shape index (κ2) is 8.50. The van der Waals surface area contributed by atoms with Crippen molar-refractivity contribution in [1.29, 1.82) is 0 Å². The Balaban J connectivity index is 0.00000242. The lowest BCUT2D eigenvalue weighted by Gasteiger charge is -2.36. The molecule has 0 bridgehead atoms. The Morgan fingerprint density at radius 1 is 1.41 bits per heavy atom. The van der Waals surface area contributed by atoms with Crippen molar-refractivity contribution < 1.29 is 9.32 Å². The predicted molar refractivity (Wildman–Crippen MR) is 87.8 cm³/mol. The highest BCUT2D eigenvalue weighted by Crippen LogP contribution is 2.12. The monoisotopic (exact) mass is 330 g/mol. The van der Waals surface area contributed by atoms with Gasteiger partial charge in [0.25, 0.3) is 0 Å². The van der Waals surface area contributed by atoms with Crippen LogP contribution in [0.4, 0.5) is 0 Å². The molecule has 2 heterocycles. The summed E-state index contributed by atoms with van der Waals surface area (Å²) in [6.45, 7) is 9.94. The van der Waals surface area contributed by atoms with Crippen LogP contribution in [0.5, 0.6) is 0 Å². The van der Waals surface area contributed by atoms with Crippen LogP contribution in [0.3, 0.4) is 0 Å². The number of carbonyl (C=O) groups is 1. The third kappa shape index (κ3) is 4.69. The third-order valence-electron chi connectivity index (χ3n) is 4.29. The number of hydrogen-bond donors (Lipinski definition) is 1. The number of rotatable bonds is 5. The average Bonchev–Trinajstić information content (AvgIpc) is 2.90. The van der Waals surface area contributed by atoms with Crippen molar-refractivity contribution >= 4 is 18.3 Å². The molecule has 126 valence electrons. The number of piperazine rings is 1. The van der Waals surface area contributed by atoms with Crippen molar-refractivity contribution in [2.24, 2.45) is 11.7 Å². The summed E-state index contributed by atoms with van der Waals surface area (Å²) in [6, 6.07) is 1.58. The van der Waals surface area contributed by atoms with Gasteiger partial charge >= 0.3 is 0 Å². The van der Waals surface area contributed by atoms with Crippen LogP contribution < -0.4 is 5.73 Å². The minimum absolute atomic E-state index is 0. The molecule has 0 aromatic carbocycles. The summed E-state index contributed by atoms with van der Waals surface area (Å²) in [5.74, 6) is 1.15. The Bertz CT molecular complexity index is 472. The summed E-state index contributed by atoms with van der Waals surface area (Å²) >= 11 is 0. The molecular weight excluding hydrogens is 304 g/mol. The number of hydrogen-bond acceptors (Lipinski definition) is 5. The maximum atomic E-state index is 12.3. The van der Waals surface area contributed by atoms with Gasteiger partial charge in [0.15, 0.2) is 0 Å². The highest BCUT2D eigenvalue weighted by molar-refractivity contribution is 5.85. The molecule has 6 nitrogen and oxygen atoms in total. The molecule has 7 heteroatoms. The standard InChI is InChI=1S/C15H26N4O2.ClH/c1-4-11(2)14(16)15(20)19-7-5-18(6-8-19)10-13-9-12(3)21-17-13;/h9,11,14H,4-8,10,16H2,1-3H3;1H. The first-order chi connectivity index (χ1) is 10.0. The second-order valence-electron chi connectivity index (χ2n) is 5.94. The molecule has 2 N–H and O–H groups in total. The smallest absolute Gasteiger partial charge is 0.239 e. The normalized spacial score (nSPS) is 18.6. The highest BCUT2D eigenvalue weighted by Gasteiger charge is 2.27. The Morgan fingerprint density at radius 3 is 2.55 bits per heavy atom. The molecule has 1 fully saturated rings. The molecule has 22 heavy (non-hydrogen) atoms. The lowest BCUT2D eigenvalue weighted by molar-refractivity contribution is -0.135. The van der Waals surface area contributed by atoms with E-state index in [4.69, 9.17) is 10.3 Å². The van der Waals surface area contributed by atoms with Crippen LogP contribution in [0.1, 0.15) is 31.7 Å². The van der Waals surface area contributed by atoms with Gasteiger partial charge in [0.1, 0.15) is 5.76 Å². The summed E-state index contributed by atoms with van der Waals surface area (Å²) in [5, 5.41) is 4.01. The van der Waals surface area contributed by atoms with E-state index < -0.39 is 0 Å². The zero-order valence-corrected chi connectivity index (χ0v) is 14.4. The Morgan fingerprint density at radius 2 is 2.05 bits per heavy atom. The van der Waals surface area contributed by atoms with E-state index >= 15 is 0 Å². The van der Waals surface area contributed by atoms with Gasteiger partial charge in [0, 0.05) is 38.8 Å². The van der Waals surface area contributed by atoms with Crippen LogP contribution in [-0.4, -0.2) is 53.1 Å². The van der Waals surface area contributed by atoms with Gasteiger partial charge in [-0.2, -0.15) is 0 Å². The number of nitrogens with zero attached hydrogens (tertiary/aromatic N) is 3. The summed E-state index contributed by atoms with van der Waals surface area (Å²) in [6.07, 6.45) is 0.929. The number of carbonyl (C=O) groups excluding carboxylic acids is 1. The van der Waals surface area contributed by atoms with Crippen LogP contribution in [-0.2, 0) is 11.3 Å². The molecule has 0 aliphatic carbocycles. The van der Waals surface area contributed by atoms with Crippen molar-refractivity contribution in [1.82, 2.24) is 15.0 Å². The fourth-order valence-corrected chi connectivity index (χ4v) is 2.56. The van der Waals surface area contributed by atoms with Gasteiger partial charge in [0.2, 0.25) is 5.91 Å². The van der Waals surface area contributed by atoms with E-state index in [0.29, 0.717) is 0 Å². The van der Waals surface area contributed by atoms with E-state index in [1.807, 2.05) is 24.8 Å². The summed E-state index contributed by atoms with van der Waals surface area (Å²) < 4.78 is 5.08. The zero-order chi connectivity index (χ0) is 15.4. The van der Waals surface area contributed by atoms with Gasteiger partial charge in [-0.3, -0.25) is 9.69 Å². The van der Waals surface area contributed by atoms with Gasteiger partial charge in [-0.1, -0.05) is 25.4 Å². The molecule has 2 atom stereocenters. The zero-order valence-electron chi connectivity index (χ0n) is 13.6. The SMILES string of the molecule is CCC(C)C(N)C(=O)N1CCN(Cc2cc(C)on2)CC1.Cl. The number of halogens is 1. The molecule has 0 saturated carbocycles. The molecule has 2 rings (SSSR count). The van der Waals surface area contributed by atoms with E-state index in [1.54, 1.807) is 0 Å². The first-order valence-electron chi connectivity index (χ1n) is 7.70. The van der Waals surface area contributed by atoms with Crippen molar-refractivity contribution in [2.45, 2.75) is 39.8 Å². The molecule has 1 amide bonds. The van der Waals surface area contributed by atoms with E-state index in [0.717, 1.165) is 50.6 Å². The van der Waals surface area contributed by atoms with Gasteiger partial charge < -0.3 is 15.2 Å². The quantitative estimate of drug-likeness (QED) is 0.883. The fraction of sp³-hybridized carbons (Fsp3) is 0.733. The summed E-state index contributed by atoms with van der Waals surface area (Å²) in [5.41, 5.74) is 6.98. The van der Waals surface area contributed by atoms with Gasteiger partial charge in [-0.15, -0.1) is 12.4 Å². The number of amides is 1. The van der Waals surface area contributed by atoms with Crippen LogP contribution in [0, 0.1) is 12.8 Å². The van der Waals surface area contributed by atoms with E-state index in [1.165, 1.54) is 0 Å². The van der Waals surface area contributed by atoms with Crippen molar-refractivity contribution in [3.63, 3.8) is 0 Å². The minimum atomic E-state index is -0.375. The Kier molecular flexibility index (Phi) is 7.32. The molecule has 1 aliphatic rings. The van der Waals surface area contributed by atoms with E-state index in [9.17, 15) is 4.79 Å². The van der Waals surface area contributed by atoms with E-state index in [-0.39, 0.29) is 30.3 Å². The first kappa shape index (κ1) is 18.9. The van der Waals surface area contributed by atoms with Gasteiger partial charge in [0.05, 0.1) is 11.7 Å². The molecule has 0 spiro atoms. The molecule has 1 saturated heterocycles. The second-order valence-corrected chi connectivity index (χ2v) is 5.94. The first-order valence-corrected chi connectivity index (χ1v) is 7.70. The van der Waals surface area contributed by atoms with Crippen LogP contribution >= 0.6 is 12.4 Å². The maximum absolute atomic E-state index is 12.3. The lowest BCUT2D eigenvalue weighted by atomic mass is 9.98. The third-order valence-corrected chi connectivity index (χ3v) is 4.29. The number of nitrogens with two attached hydrogens (primary N) is 1. The predicted octanol–water partition coefficient (Wildman–Crippen LogP) is 1.42. The molecular formula is C15H27ClN4O2. The lowest BCUT2D eigenvalue weighted by Crippen LogP contribution is -2.54. The van der Waals surface area contributed by atoms with Crippen molar-refractivity contribution in [2.75, 3.05) is 26.2 Å². The molecule has 2 unspecified atom stereocenters. The topological polar surface area (TPSA) is 75.6 Å². The van der Waals surface area contributed by atoms with Crippen molar-refractivity contribution in [3.8, 4) is 0 Å². The summed E-state index contributed by atoms with van der Waals surface area (Å²) in [4.78, 5) is 16.5. The Hall–Kier alpha value is -1.11. The number of aromatic nitrogens is 1. The van der Waals surface area contributed by atoms with Gasteiger partial charge in [-0.25, -0.2) is 0 Å². The van der Waals surface area contributed by atoms with E-state index in [2.05, 4.69) is 17.0 Å². The van der Waals surface area contributed by atoms with Gasteiger partial charge in [-0.05, 0) is 12.8 Å². The van der Waals surface area contributed by atoms with Crippen LogP contribution in [0.25, 0.3) is 0 Å². The van der Waals surface area contributed by atoms with Crippen LogP contribution in [0.15, 0.2) is 10.6 Å². The van der Waals surface area contributed by atoms with Crippen LogP contribution in [0.2, 0.25) is 0 Å². The fourth-order valence-electron chi connectivity index (χ4n) is 2.56. The largest absolute Gasteiger partial charge is 0.361 e. The summed E-state index contributed by atoms with van der Waals surface area (Å²) in [7, 11) is 0. The van der Waals surface area contributed by atoms with Crippen molar-refractivity contribution in [3.05, 3.63) is 17.5 Å². The Labute approximate surface area is 138 Å². The maximum Gasteiger partial charge on any atom is 0.239 e. The molecule has 0 radical (unpaired) electrons. The molecule has 1 aromatic rings. The average molecular weight is 331 g/mol.